The lowest BCUT2D eigenvalue weighted by molar-refractivity contribution is -0.127. The molecular weight excluding hydrogens is 442 g/mol. The van der Waals surface area contributed by atoms with Crippen LogP contribution in [0.5, 0.6) is 0 Å². The van der Waals surface area contributed by atoms with Crippen LogP contribution in [0, 0.1) is 32.6 Å². The summed E-state index contributed by atoms with van der Waals surface area (Å²) in [6.07, 6.45) is -0.908. The van der Waals surface area contributed by atoms with Crippen molar-refractivity contribution in [2.75, 3.05) is 4.90 Å². The quantitative estimate of drug-likeness (QED) is 0.416. The van der Waals surface area contributed by atoms with Crippen molar-refractivity contribution in [1.29, 1.82) is 0 Å². The van der Waals surface area contributed by atoms with E-state index in [1.54, 1.807) is 36.4 Å². The van der Waals surface area contributed by atoms with Crippen molar-refractivity contribution in [2.24, 2.45) is 11.8 Å². The molecule has 3 aliphatic rings. The zero-order valence-electron chi connectivity index (χ0n) is 19.6. The summed E-state index contributed by atoms with van der Waals surface area (Å²) in [7, 11) is 0. The molecule has 0 N–H and O–H groups in total. The number of aryl methyl sites for hydroxylation is 2. The van der Waals surface area contributed by atoms with Crippen LogP contribution in [0.1, 0.15) is 49.1 Å². The van der Waals surface area contributed by atoms with Gasteiger partial charge in [-0.05, 0) is 43.5 Å². The third-order valence-electron chi connectivity index (χ3n) is 7.74. The summed E-state index contributed by atoms with van der Waals surface area (Å²) in [5.74, 6) is -4.36. The van der Waals surface area contributed by atoms with Gasteiger partial charge in [0.05, 0.1) is 23.6 Å². The molecule has 2 amide bonds. The first-order chi connectivity index (χ1) is 16.8. The summed E-state index contributed by atoms with van der Waals surface area (Å²) < 4.78 is 6.32. The SMILES string of the molecule is Cc1ccc([C@@H]2OC3(C(=O)c4ccccc4C3=O)[C@@H]3C(=O)N(c4cccc(C)c4C)C(=O)[C@@H]32)cc1. The number of nitrogens with zero attached hydrogens (tertiary/aromatic N) is 1. The number of ether oxygens (including phenoxy) is 1. The minimum atomic E-state index is -2.05. The molecule has 2 fully saturated rings. The van der Waals surface area contributed by atoms with Crippen molar-refractivity contribution in [3.8, 4) is 0 Å². The second kappa shape index (κ2) is 7.30. The lowest BCUT2D eigenvalue weighted by atomic mass is 9.77. The van der Waals surface area contributed by atoms with E-state index < -0.39 is 46.9 Å². The van der Waals surface area contributed by atoms with Crippen LogP contribution in [0.25, 0.3) is 0 Å². The standard InChI is InChI=1S/C29H23NO5/c1-15-11-13-18(14-12-15)24-22-23(28(34)30(27(22)33)21-10-6-7-16(2)17(21)3)29(35-24)25(31)19-8-4-5-9-20(19)26(29)32/h4-14,22-24H,1-3H3/t22-,23-,24-/m0/s1. The van der Waals surface area contributed by atoms with Crippen LogP contribution in [-0.2, 0) is 14.3 Å². The summed E-state index contributed by atoms with van der Waals surface area (Å²) in [5.41, 5.74) is 2.28. The molecule has 174 valence electrons. The van der Waals surface area contributed by atoms with E-state index in [4.69, 9.17) is 4.74 Å². The highest BCUT2D eigenvalue weighted by Crippen LogP contribution is 2.57. The molecule has 2 aliphatic heterocycles. The zero-order valence-corrected chi connectivity index (χ0v) is 19.6. The molecule has 3 aromatic carbocycles. The largest absolute Gasteiger partial charge is 0.349 e. The fourth-order valence-corrected chi connectivity index (χ4v) is 5.79. The van der Waals surface area contributed by atoms with Gasteiger partial charge in [-0.3, -0.25) is 19.2 Å². The highest BCUT2D eigenvalue weighted by molar-refractivity contribution is 6.37. The van der Waals surface area contributed by atoms with Crippen molar-refractivity contribution in [3.05, 3.63) is 100 Å². The first-order valence-corrected chi connectivity index (χ1v) is 11.6. The van der Waals surface area contributed by atoms with E-state index in [9.17, 15) is 19.2 Å². The first kappa shape index (κ1) is 21.6. The fraction of sp³-hybridized carbons (Fsp3) is 0.241. The van der Waals surface area contributed by atoms with E-state index in [0.29, 0.717) is 11.3 Å². The van der Waals surface area contributed by atoms with E-state index in [2.05, 4.69) is 0 Å². The number of rotatable bonds is 2. The van der Waals surface area contributed by atoms with E-state index >= 15 is 0 Å². The normalized spacial score (nSPS) is 24.4. The molecule has 6 heteroatoms. The molecule has 0 saturated carbocycles. The lowest BCUT2D eigenvalue weighted by Crippen LogP contribution is -2.51. The molecular formula is C29H23NO5. The molecule has 2 saturated heterocycles. The van der Waals surface area contributed by atoms with Gasteiger partial charge >= 0.3 is 0 Å². The van der Waals surface area contributed by atoms with Gasteiger partial charge in [-0.1, -0.05) is 66.2 Å². The molecule has 35 heavy (non-hydrogen) atoms. The van der Waals surface area contributed by atoms with Crippen LogP contribution in [0.15, 0.2) is 66.7 Å². The summed E-state index contributed by atoms with van der Waals surface area (Å²) in [6, 6.07) is 19.3. The Kier molecular flexibility index (Phi) is 4.51. The second-order valence-electron chi connectivity index (χ2n) is 9.62. The van der Waals surface area contributed by atoms with Crippen molar-refractivity contribution in [1.82, 2.24) is 0 Å². The van der Waals surface area contributed by atoms with Gasteiger partial charge < -0.3 is 4.74 Å². The maximum atomic E-state index is 14.0. The Morgan fingerprint density at radius 3 is 2.00 bits per heavy atom. The average molecular weight is 466 g/mol. The molecule has 0 unspecified atom stereocenters. The van der Waals surface area contributed by atoms with Gasteiger partial charge in [0.15, 0.2) is 0 Å². The topological polar surface area (TPSA) is 80.8 Å². The van der Waals surface area contributed by atoms with Crippen LogP contribution in [-0.4, -0.2) is 29.0 Å². The maximum absolute atomic E-state index is 14.0. The number of carbonyl (C=O) groups excluding carboxylic acids is 4. The predicted molar refractivity (Wildman–Crippen MR) is 128 cm³/mol. The molecule has 1 aliphatic carbocycles. The number of carbonyl (C=O) groups is 4. The number of ketones is 2. The molecule has 1 spiro atoms. The third-order valence-corrected chi connectivity index (χ3v) is 7.74. The predicted octanol–water partition coefficient (Wildman–Crippen LogP) is 4.31. The highest BCUT2D eigenvalue weighted by Gasteiger charge is 2.74. The third kappa shape index (κ3) is 2.68. The van der Waals surface area contributed by atoms with Crippen LogP contribution < -0.4 is 4.90 Å². The summed E-state index contributed by atoms with van der Waals surface area (Å²) in [4.78, 5) is 56.7. The van der Waals surface area contributed by atoms with Gasteiger partial charge in [-0.15, -0.1) is 0 Å². The fourth-order valence-electron chi connectivity index (χ4n) is 5.79. The summed E-state index contributed by atoms with van der Waals surface area (Å²) >= 11 is 0. The Balaban J connectivity index is 1.56. The van der Waals surface area contributed by atoms with Gasteiger partial charge in [-0.25, -0.2) is 4.90 Å². The number of imide groups is 1. The number of amides is 2. The zero-order chi connectivity index (χ0) is 24.6. The van der Waals surface area contributed by atoms with E-state index in [0.717, 1.165) is 21.6 Å². The van der Waals surface area contributed by atoms with Crippen LogP contribution in [0.3, 0.4) is 0 Å². The Morgan fingerprint density at radius 1 is 0.743 bits per heavy atom. The molecule has 0 bridgehead atoms. The highest BCUT2D eigenvalue weighted by atomic mass is 16.5. The van der Waals surface area contributed by atoms with Crippen molar-refractivity contribution < 1.29 is 23.9 Å². The first-order valence-electron chi connectivity index (χ1n) is 11.6. The molecule has 3 aromatic rings. The van der Waals surface area contributed by atoms with Crippen LogP contribution in [0.2, 0.25) is 0 Å². The average Bonchev–Trinajstić information content (AvgIpc) is 3.42. The Labute approximate surface area is 202 Å². The number of hydrogen-bond donors (Lipinski definition) is 0. The van der Waals surface area contributed by atoms with Gasteiger partial charge in [0.25, 0.3) is 0 Å². The number of benzene rings is 3. The minimum Gasteiger partial charge on any atom is -0.349 e. The molecule has 6 rings (SSSR count). The maximum Gasteiger partial charge on any atom is 0.241 e. The smallest absolute Gasteiger partial charge is 0.241 e. The molecule has 2 heterocycles. The van der Waals surface area contributed by atoms with E-state index in [1.807, 2.05) is 51.1 Å². The minimum absolute atomic E-state index is 0.228. The summed E-state index contributed by atoms with van der Waals surface area (Å²) in [5, 5.41) is 0. The van der Waals surface area contributed by atoms with Crippen molar-refractivity contribution in [3.63, 3.8) is 0 Å². The van der Waals surface area contributed by atoms with Crippen LogP contribution in [0.4, 0.5) is 5.69 Å². The molecule has 6 nitrogen and oxygen atoms in total. The van der Waals surface area contributed by atoms with Crippen molar-refractivity contribution >= 4 is 29.1 Å². The number of hydrogen-bond acceptors (Lipinski definition) is 5. The van der Waals surface area contributed by atoms with E-state index in [1.165, 1.54) is 0 Å². The van der Waals surface area contributed by atoms with Gasteiger partial charge in [0, 0.05) is 11.1 Å². The number of fused-ring (bicyclic) bond motifs is 3. The van der Waals surface area contributed by atoms with Gasteiger partial charge in [0.2, 0.25) is 29.0 Å². The van der Waals surface area contributed by atoms with Crippen LogP contribution >= 0.6 is 0 Å². The lowest BCUT2D eigenvalue weighted by Gasteiger charge is -2.28. The molecule has 0 aromatic heterocycles. The van der Waals surface area contributed by atoms with E-state index in [-0.39, 0.29) is 11.1 Å². The van der Waals surface area contributed by atoms with Gasteiger partial charge in [0.1, 0.15) is 0 Å². The van der Waals surface area contributed by atoms with Gasteiger partial charge in [-0.2, -0.15) is 0 Å². The summed E-state index contributed by atoms with van der Waals surface area (Å²) in [6.45, 7) is 5.70. The molecule has 0 radical (unpaired) electrons. The molecule has 3 atom stereocenters. The Hall–Kier alpha value is -3.90. The monoisotopic (exact) mass is 465 g/mol. The number of anilines is 1. The Bertz CT molecular complexity index is 1420. The second-order valence-corrected chi connectivity index (χ2v) is 9.62. The number of Topliss-reactive ketones (excluding diaryl/α,β-unsaturated/α-hetero) is 2. The van der Waals surface area contributed by atoms with Crippen molar-refractivity contribution in [2.45, 2.75) is 32.5 Å². The Morgan fingerprint density at radius 2 is 1.37 bits per heavy atom.